The summed E-state index contributed by atoms with van der Waals surface area (Å²) in [6.07, 6.45) is 7.85. The number of nitrogens with one attached hydrogen (secondary N) is 1. The van der Waals surface area contributed by atoms with Crippen LogP contribution in [0.5, 0.6) is 0 Å². The maximum atomic E-state index is 12.4. The summed E-state index contributed by atoms with van der Waals surface area (Å²) in [7, 11) is 0. The fraction of sp³-hybridized carbons (Fsp3) is 0.333. The lowest BCUT2D eigenvalue weighted by atomic mass is 9.85. The molecule has 2 bridgehead atoms. The van der Waals surface area contributed by atoms with Crippen LogP contribution in [-0.2, 0) is 9.59 Å². The molecule has 1 aromatic rings. The van der Waals surface area contributed by atoms with Gasteiger partial charge in [0.15, 0.2) is 0 Å². The first-order valence-corrected chi connectivity index (χ1v) is 6.94. The van der Waals surface area contributed by atoms with Gasteiger partial charge in [-0.3, -0.25) is 24.8 Å². The number of hydrogen-bond donors (Lipinski definition) is 1. The van der Waals surface area contributed by atoms with Gasteiger partial charge in [0.25, 0.3) is 17.7 Å². The Balaban J connectivity index is 1.56. The van der Waals surface area contributed by atoms with Gasteiger partial charge in [0, 0.05) is 12.4 Å². The Kier molecular flexibility index (Phi) is 2.48. The van der Waals surface area contributed by atoms with Crippen LogP contribution in [0, 0.1) is 23.7 Å². The van der Waals surface area contributed by atoms with Crippen molar-refractivity contribution in [1.82, 2.24) is 15.4 Å². The number of fused-ring (bicyclic) bond motifs is 5. The van der Waals surface area contributed by atoms with Crippen LogP contribution in [0.15, 0.2) is 36.7 Å². The standard InChI is InChI=1S/C15H13N3O3/c19-13(10-2-1-5-16-7-10)17-18-14(20)11-8-3-4-9(6-8)12(11)15(18)21/h1-5,7-9,11-12H,6H2,(H,17,19)/t8-,9-,11-,12+/m1/s1. The number of allylic oxidation sites excluding steroid dienone is 2. The molecule has 6 heteroatoms. The molecule has 1 aliphatic heterocycles. The Labute approximate surface area is 120 Å². The summed E-state index contributed by atoms with van der Waals surface area (Å²) in [6, 6.07) is 3.21. The van der Waals surface area contributed by atoms with Crippen molar-refractivity contribution < 1.29 is 14.4 Å². The van der Waals surface area contributed by atoms with Gasteiger partial charge in [0.05, 0.1) is 17.4 Å². The normalized spacial score (nSPS) is 32.7. The van der Waals surface area contributed by atoms with Crippen molar-refractivity contribution in [3.63, 3.8) is 0 Å². The van der Waals surface area contributed by atoms with Gasteiger partial charge >= 0.3 is 0 Å². The molecule has 0 unspecified atom stereocenters. The summed E-state index contributed by atoms with van der Waals surface area (Å²) in [5.41, 5.74) is 2.74. The highest BCUT2D eigenvalue weighted by atomic mass is 16.2. The van der Waals surface area contributed by atoms with Gasteiger partial charge in [0.1, 0.15) is 0 Å². The molecular weight excluding hydrogens is 270 g/mol. The number of pyridine rings is 1. The smallest absolute Gasteiger partial charge is 0.271 e. The third kappa shape index (κ3) is 1.65. The van der Waals surface area contributed by atoms with Crippen molar-refractivity contribution in [1.29, 1.82) is 0 Å². The maximum Gasteiger partial charge on any atom is 0.271 e. The van der Waals surface area contributed by atoms with E-state index in [2.05, 4.69) is 10.4 Å². The Hall–Kier alpha value is -2.50. The summed E-state index contributed by atoms with van der Waals surface area (Å²) in [4.78, 5) is 40.7. The van der Waals surface area contributed by atoms with Gasteiger partial charge in [-0.05, 0) is 30.4 Å². The van der Waals surface area contributed by atoms with Crippen LogP contribution >= 0.6 is 0 Å². The Morgan fingerprint density at radius 3 is 2.43 bits per heavy atom. The molecular formula is C15H13N3O3. The first-order chi connectivity index (χ1) is 10.2. The van der Waals surface area contributed by atoms with E-state index < -0.39 is 5.91 Å². The van der Waals surface area contributed by atoms with Gasteiger partial charge in [-0.25, -0.2) is 0 Å². The van der Waals surface area contributed by atoms with E-state index in [9.17, 15) is 14.4 Å². The number of hydrazine groups is 1. The zero-order chi connectivity index (χ0) is 14.6. The monoisotopic (exact) mass is 283 g/mol. The third-order valence-electron chi connectivity index (χ3n) is 4.61. The second-order valence-electron chi connectivity index (χ2n) is 5.69. The van der Waals surface area contributed by atoms with Crippen LogP contribution in [0.3, 0.4) is 0 Å². The van der Waals surface area contributed by atoms with Gasteiger partial charge in [0.2, 0.25) is 0 Å². The number of rotatable bonds is 2. The topological polar surface area (TPSA) is 79.4 Å². The zero-order valence-electron chi connectivity index (χ0n) is 11.1. The number of amides is 3. The van der Waals surface area contributed by atoms with Crippen molar-refractivity contribution in [3.05, 3.63) is 42.2 Å². The predicted octanol–water partition coefficient (Wildman–Crippen LogP) is 0.533. The fourth-order valence-corrected chi connectivity index (χ4v) is 3.68. The predicted molar refractivity (Wildman–Crippen MR) is 71.3 cm³/mol. The average Bonchev–Trinajstić information content (AvgIpc) is 3.18. The molecule has 2 aliphatic carbocycles. The third-order valence-corrected chi connectivity index (χ3v) is 4.61. The van der Waals surface area contributed by atoms with Crippen LogP contribution in [0.2, 0.25) is 0 Å². The Morgan fingerprint density at radius 2 is 1.86 bits per heavy atom. The molecule has 4 atom stereocenters. The van der Waals surface area contributed by atoms with Gasteiger partial charge < -0.3 is 0 Å². The van der Waals surface area contributed by atoms with E-state index in [1.165, 1.54) is 6.20 Å². The van der Waals surface area contributed by atoms with Crippen LogP contribution in [-0.4, -0.2) is 27.7 Å². The van der Waals surface area contributed by atoms with Crippen molar-refractivity contribution in [2.75, 3.05) is 0 Å². The second kappa shape index (κ2) is 4.25. The van der Waals surface area contributed by atoms with Crippen molar-refractivity contribution in [2.45, 2.75) is 6.42 Å². The molecule has 2 heterocycles. The maximum absolute atomic E-state index is 12.4. The molecule has 0 spiro atoms. The summed E-state index contributed by atoms with van der Waals surface area (Å²) >= 11 is 0. The fourth-order valence-electron chi connectivity index (χ4n) is 3.68. The molecule has 106 valence electrons. The number of imide groups is 1. The zero-order valence-corrected chi connectivity index (χ0v) is 11.1. The molecule has 2 fully saturated rings. The van der Waals surface area contributed by atoms with E-state index in [0.717, 1.165) is 11.4 Å². The quantitative estimate of drug-likeness (QED) is 0.634. The molecule has 1 saturated heterocycles. The average molecular weight is 283 g/mol. The van der Waals surface area contributed by atoms with Crippen LogP contribution < -0.4 is 5.43 Å². The summed E-state index contributed by atoms with van der Waals surface area (Å²) in [6.45, 7) is 0. The summed E-state index contributed by atoms with van der Waals surface area (Å²) in [5, 5.41) is 0.900. The van der Waals surface area contributed by atoms with E-state index in [4.69, 9.17) is 0 Å². The first-order valence-electron chi connectivity index (χ1n) is 6.94. The molecule has 6 nitrogen and oxygen atoms in total. The Morgan fingerprint density at radius 1 is 1.19 bits per heavy atom. The van der Waals surface area contributed by atoms with Gasteiger partial charge in [-0.2, -0.15) is 5.01 Å². The number of carbonyl (C=O) groups is 3. The number of nitrogens with zero attached hydrogens (tertiary/aromatic N) is 2. The molecule has 4 rings (SSSR count). The minimum atomic E-state index is -0.495. The van der Waals surface area contributed by atoms with Crippen molar-refractivity contribution in [2.24, 2.45) is 23.7 Å². The molecule has 3 aliphatic rings. The summed E-state index contributed by atoms with van der Waals surface area (Å²) in [5.74, 6) is -1.42. The molecule has 3 amide bonds. The van der Waals surface area contributed by atoms with E-state index in [1.807, 2.05) is 12.2 Å². The van der Waals surface area contributed by atoms with E-state index in [0.29, 0.717) is 5.56 Å². The van der Waals surface area contributed by atoms with E-state index in [-0.39, 0.29) is 35.5 Å². The molecule has 21 heavy (non-hydrogen) atoms. The number of hydrogen-bond acceptors (Lipinski definition) is 4. The number of aromatic nitrogens is 1. The number of carbonyl (C=O) groups excluding carboxylic acids is 3. The van der Waals surface area contributed by atoms with Gasteiger partial charge in [-0.15, -0.1) is 0 Å². The largest absolute Gasteiger partial charge is 0.272 e. The van der Waals surface area contributed by atoms with Crippen molar-refractivity contribution >= 4 is 17.7 Å². The highest BCUT2D eigenvalue weighted by molar-refractivity contribution is 6.08. The lowest BCUT2D eigenvalue weighted by molar-refractivity contribution is -0.143. The van der Waals surface area contributed by atoms with Crippen LogP contribution in [0.4, 0.5) is 0 Å². The van der Waals surface area contributed by atoms with Crippen molar-refractivity contribution in [3.8, 4) is 0 Å². The highest BCUT2D eigenvalue weighted by Gasteiger charge is 2.59. The lowest BCUT2D eigenvalue weighted by Crippen LogP contribution is -2.47. The SMILES string of the molecule is O=C(NN1C(=O)[C@@H]2[C@H](C1=O)[C@@H]1C=C[C@@H]2C1)c1cccnc1. The molecule has 0 aromatic carbocycles. The summed E-state index contributed by atoms with van der Waals surface area (Å²) < 4.78 is 0. The van der Waals surface area contributed by atoms with E-state index in [1.54, 1.807) is 18.3 Å². The van der Waals surface area contributed by atoms with Crippen LogP contribution in [0.25, 0.3) is 0 Å². The minimum absolute atomic E-state index is 0.136. The van der Waals surface area contributed by atoms with Crippen LogP contribution in [0.1, 0.15) is 16.8 Å². The Bertz CT molecular complexity index is 640. The van der Waals surface area contributed by atoms with Gasteiger partial charge in [-0.1, -0.05) is 12.2 Å². The highest BCUT2D eigenvalue weighted by Crippen LogP contribution is 2.52. The first kappa shape index (κ1) is 12.3. The van der Waals surface area contributed by atoms with E-state index >= 15 is 0 Å². The minimum Gasteiger partial charge on any atom is -0.272 e. The molecule has 0 radical (unpaired) electrons. The second-order valence-corrected chi connectivity index (χ2v) is 5.69. The lowest BCUT2D eigenvalue weighted by Gasteiger charge is -2.17. The molecule has 1 N–H and O–H groups in total. The molecule has 1 saturated carbocycles. The molecule has 1 aromatic heterocycles.